The SMILES string of the molecule is CCCC(C)(CC(=O)OC(C)(C)C)C(=O)S. The van der Waals surface area contributed by atoms with Gasteiger partial charge in [0.15, 0.2) is 5.12 Å². The van der Waals surface area contributed by atoms with Crippen LogP contribution in [0.5, 0.6) is 0 Å². The van der Waals surface area contributed by atoms with Crippen LogP contribution in [0.4, 0.5) is 0 Å². The van der Waals surface area contributed by atoms with Gasteiger partial charge >= 0.3 is 5.97 Å². The summed E-state index contributed by atoms with van der Waals surface area (Å²) in [6.45, 7) is 9.17. The van der Waals surface area contributed by atoms with E-state index in [-0.39, 0.29) is 17.5 Å². The number of carbonyl (C=O) groups excluding carboxylic acids is 2. The van der Waals surface area contributed by atoms with Crippen molar-refractivity contribution in [2.24, 2.45) is 5.41 Å². The van der Waals surface area contributed by atoms with Crippen molar-refractivity contribution in [3.05, 3.63) is 0 Å². The molecular formula is C12H22O3S. The summed E-state index contributed by atoms with van der Waals surface area (Å²) in [6, 6.07) is 0. The smallest absolute Gasteiger partial charge is 0.307 e. The van der Waals surface area contributed by atoms with Crippen molar-refractivity contribution in [3.63, 3.8) is 0 Å². The van der Waals surface area contributed by atoms with Gasteiger partial charge in [0.2, 0.25) is 0 Å². The lowest BCUT2D eigenvalue weighted by Gasteiger charge is -2.27. The molecule has 0 aliphatic heterocycles. The number of esters is 1. The van der Waals surface area contributed by atoms with Gasteiger partial charge in [0.25, 0.3) is 0 Å². The minimum absolute atomic E-state index is 0.0977. The summed E-state index contributed by atoms with van der Waals surface area (Å²) in [7, 11) is 0. The van der Waals surface area contributed by atoms with Crippen LogP contribution in [0.25, 0.3) is 0 Å². The number of rotatable bonds is 5. The Morgan fingerprint density at radius 2 is 1.69 bits per heavy atom. The first-order valence-electron chi connectivity index (χ1n) is 5.56. The lowest BCUT2D eigenvalue weighted by Crippen LogP contribution is -2.32. The minimum atomic E-state index is -0.708. The summed E-state index contributed by atoms with van der Waals surface area (Å²) >= 11 is 3.85. The second-order valence-corrected chi connectivity index (χ2v) is 5.79. The van der Waals surface area contributed by atoms with Crippen LogP contribution >= 0.6 is 12.6 Å². The molecule has 0 aromatic heterocycles. The predicted molar refractivity (Wildman–Crippen MR) is 67.5 cm³/mol. The van der Waals surface area contributed by atoms with Gasteiger partial charge in [0.1, 0.15) is 5.60 Å². The predicted octanol–water partition coefficient (Wildman–Crippen LogP) is 2.98. The van der Waals surface area contributed by atoms with Crippen molar-refractivity contribution in [3.8, 4) is 0 Å². The van der Waals surface area contributed by atoms with Gasteiger partial charge in [-0.3, -0.25) is 9.59 Å². The van der Waals surface area contributed by atoms with Crippen LogP contribution in [0.3, 0.4) is 0 Å². The molecule has 1 atom stereocenters. The lowest BCUT2D eigenvalue weighted by atomic mass is 9.83. The van der Waals surface area contributed by atoms with Crippen molar-refractivity contribution < 1.29 is 14.3 Å². The van der Waals surface area contributed by atoms with Crippen molar-refractivity contribution in [2.75, 3.05) is 0 Å². The summed E-state index contributed by atoms with van der Waals surface area (Å²) in [5, 5.41) is -0.250. The Kier molecular flexibility index (Phi) is 5.53. The third-order valence-corrected chi connectivity index (χ3v) is 2.81. The number of ether oxygens (including phenoxy) is 1. The molecule has 0 fully saturated rings. The Labute approximate surface area is 103 Å². The molecule has 0 aliphatic rings. The van der Waals surface area contributed by atoms with Gasteiger partial charge in [-0.15, -0.1) is 12.6 Å². The summed E-state index contributed by atoms with van der Waals surface area (Å²) in [5.41, 5.74) is -1.22. The number of carbonyl (C=O) groups is 2. The van der Waals surface area contributed by atoms with Crippen molar-refractivity contribution in [1.82, 2.24) is 0 Å². The van der Waals surface area contributed by atoms with Gasteiger partial charge in [0, 0.05) is 5.41 Å². The highest BCUT2D eigenvalue weighted by Crippen LogP contribution is 2.31. The maximum Gasteiger partial charge on any atom is 0.307 e. The van der Waals surface area contributed by atoms with E-state index >= 15 is 0 Å². The molecule has 3 nitrogen and oxygen atoms in total. The largest absolute Gasteiger partial charge is 0.460 e. The highest BCUT2D eigenvalue weighted by Gasteiger charge is 2.34. The first kappa shape index (κ1) is 15.5. The van der Waals surface area contributed by atoms with Crippen molar-refractivity contribution in [2.45, 2.75) is 59.5 Å². The van der Waals surface area contributed by atoms with Crippen LogP contribution in [0.15, 0.2) is 0 Å². The summed E-state index contributed by atoms with van der Waals surface area (Å²) < 4.78 is 5.20. The molecule has 0 saturated heterocycles. The molecule has 0 aromatic rings. The van der Waals surface area contributed by atoms with E-state index in [2.05, 4.69) is 12.6 Å². The van der Waals surface area contributed by atoms with Crippen LogP contribution in [-0.4, -0.2) is 16.7 Å². The van der Waals surface area contributed by atoms with Gasteiger partial charge in [0.05, 0.1) is 6.42 Å². The number of hydrogen-bond donors (Lipinski definition) is 1. The molecule has 0 N–H and O–H groups in total. The minimum Gasteiger partial charge on any atom is -0.460 e. The molecule has 16 heavy (non-hydrogen) atoms. The van der Waals surface area contributed by atoms with E-state index < -0.39 is 11.0 Å². The van der Waals surface area contributed by atoms with Crippen molar-refractivity contribution >= 4 is 23.7 Å². The molecular weight excluding hydrogens is 224 g/mol. The standard InChI is InChI=1S/C12H22O3S/c1-6-7-12(5,10(14)16)8-9(13)15-11(2,3)4/h6-8H2,1-5H3,(H,14,16). The van der Waals surface area contributed by atoms with Gasteiger partial charge in [-0.1, -0.05) is 20.3 Å². The second kappa shape index (κ2) is 5.71. The van der Waals surface area contributed by atoms with E-state index in [4.69, 9.17) is 4.74 Å². The highest BCUT2D eigenvalue weighted by atomic mass is 32.1. The summed E-state index contributed by atoms with van der Waals surface area (Å²) in [4.78, 5) is 23.1. The van der Waals surface area contributed by atoms with E-state index in [0.717, 1.165) is 6.42 Å². The van der Waals surface area contributed by atoms with Crippen LogP contribution in [0.2, 0.25) is 0 Å². The van der Waals surface area contributed by atoms with E-state index in [1.807, 2.05) is 27.7 Å². The van der Waals surface area contributed by atoms with Crippen molar-refractivity contribution in [1.29, 1.82) is 0 Å². The van der Waals surface area contributed by atoms with E-state index in [1.165, 1.54) is 0 Å². The molecule has 1 unspecified atom stereocenters. The number of thiol groups is 1. The van der Waals surface area contributed by atoms with Crippen LogP contribution in [0.1, 0.15) is 53.9 Å². The molecule has 0 rings (SSSR count). The monoisotopic (exact) mass is 246 g/mol. The third-order valence-electron chi connectivity index (χ3n) is 2.27. The Morgan fingerprint density at radius 3 is 2.00 bits per heavy atom. The highest BCUT2D eigenvalue weighted by molar-refractivity contribution is 7.96. The average Bonchev–Trinajstić information content (AvgIpc) is 1.99. The Hall–Kier alpha value is -0.510. The molecule has 0 bridgehead atoms. The topological polar surface area (TPSA) is 43.4 Å². The van der Waals surface area contributed by atoms with E-state index in [0.29, 0.717) is 6.42 Å². The first-order chi connectivity index (χ1) is 7.10. The fourth-order valence-corrected chi connectivity index (χ4v) is 1.71. The molecule has 0 amide bonds. The zero-order chi connectivity index (χ0) is 13.0. The lowest BCUT2D eigenvalue weighted by molar-refractivity contribution is -0.158. The van der Waals surface area contributed by atoms with Crippen LogP contribution in [0, 0.1) is 5.41 Å². The molecule has 0 heterocycles. The van der Waals surface area contributed by atoms with Gasteiger partial charge in [-0.2, -0.15) is 0 Å². The molecule has 0 aromatic carbocycles. The molecule has 4 heteroatoms. The van der Waals surface area contributed by atoms with Crippen LogP contribution in [-0.2, 0) is 14.3 Å². The maximum atomic E-state index is 11.6. The quantitative estimate of drug-likeness (QED) is 0.599. The zero-order valence-electron chi connectivity index (χ0n) is 10.8. The van der Waals surface area contributed by atoms with E-state index in [1.54, 1.807) is 6.92 Å². The third kappa shape index (κ3) is 5.54. The molecule has 0 radical (unpaired) electrons. The molecule has 0 aliphatic carbocycles. The van der Waals surface area contributed by atoms with Crippen LogP contribution < -0.4 is 0 Å². The maximum absolute atomic E-state index is 11.6. The fraction of sp³-hybridized carbons (Fsp3) is 0.833. The molecule has 0 spiro atoms. The Morgan fingerprint density at radius 1 is 1.19 bits per heavy atom. The normalized spacial score (nSPS) is 15.4. The Balaban J connectivity index is 4.53. The zero-order valence-corrected chi connectivity index (χ0v) is 11.7. The van der Waals surface area contributed by atoms with Gasteiger partial charge < -0.3 is 4.74 Å². The first-order valence-corrected chi connectivity index (χ1v) is 6.01. The number of hydrogen-bond acceptors (Lipinski definition) is 3. The van der Waals surface area contributed by atoms with E-state index in [9.17, 15) is 9.59 Å². The molecule has 0 saturated carbocycles. The molecule has 94 valence electrons. The fourth-order valence-electron chi connectivity index (χ4n) is 1.52. The van der Waals surface area contributed by atoms with Gasteiger partial charge in [-0.05, 0) is 27.2 Å². The average molecular weight is 246 g/mol. The second-order valence-electron chi connectivity index (χ2n) is 5.38. The summed E-state index contributed by atoms with van der Waals surface area (Å²) in [6.07, 6.45) is 1.58. The van der Waals surface area contributed by atoms with Gasteiger partial charge in [-0.25, -0.2) is 0 Å². The summed E-state index contributed by atoms with van der Waals surface area (Å²) in [5.74, 6) is -0.342. The Bertz CT molecular complexity index is 268.